The van der Waals surface area contributed by atoms with Gasteiger partial charge in [-0.3, -0.25) is 0 Å². The molecule has 0 bridgehead atoms. The lowest BCUT2D eigenvalue weighted by Crippen LogP contribution is -2.42. The van der Waals surface area contributed by atoms with Crippen LogP contribution in [0.4, 0.5) is 0 Å². The van der Waals surface area contributed by atoms with E-state index in [4.69, 9.17) is 4.74 Å². The van der Waals surface area contributed by atoms with Gasteiger partial charge in [0, 0.05) is 22.3 Å². The van der Waals surface area contributed by atoms with Crippen LogP contribution in [-0.4, -0.2) is 31.1 Å². The van der Waals surface area contributed by atoms with Crippen molar-refractivity contribution in [2.45, 2.75) is 98.4 Å². The third-order valence-corrected chi connectivity index (χ3v) is 9.58. The SMILES string of the molecule is C=CC1=C2CC(C)(C)CC2=CCC1.CCC(C)CN1CCC(c2ccc(/C=C\C=C(/C)OC)s2)CC1C. The molecule has 0 radical (unpaired) electrons. The molecule has 0 aromatic carbocycles. The van der Waals surface area contributed by atoms with Gasteiger partial charge in [-0.05, 0) is 117 Å². The predicted octanol–water partition coefficient (Wildman–Crippen LogP) is 9.93. The minimum absolute atomic E-state index is 0.486. The fraction of sp³-hybridized carbons (Fsp3) is 0.588. The van der Waals surface area contributed by atoms with E-state index in [2.05, 4.69) is 82.5 Å². The summed E-state index contributed by atoms with van der Waals surface area (Å²) in [5.74, 6) is 2.48. The molecule has 2 nitrogen and oxygen atoms in total. The number of hydrogen-bond donors (Lipinski definition) is 0. The molecule has 1 aromatic heterocycles. The van der Waals surface area contributed by atoms with Gasteiger partial charge in [0.05, 0.1) is 12.9 Å². The Hall–Kier alpha value is -1.84. The van der Waals surface area contributed by atoms with Gasteiger partial charge in [0.2, 0.25) is 0 Å². The van der Waals surface area contributed by atoms with Crippen LogP contribution in [0.2, 0.25) is 0 Å². The van der Waals surface area contributed by atoms with Crippen molar-refractivity contribution in [3.8, 4) is 0 Å². The van der Waals surface area contributed by atoms with Crippen LogP contribution in [-0.2, 0) is 4.74 Å². The van der Waals surface area contributed by atoms with Crippen molar-refractivity contribution in [1.82, 2.24) is 4.90 Å². The van der Waals surface area contributed by atoms with E-state index in [1.54, 1.807) is 23.1 Å². The topological polar surface area (TPSA) is 12.5 Å². The summed E-state index contributed by atoms with van der Waals surface area (Å²) < 4.78 is 5.15. The van der Waals surface area contributed by atoms with Gasteiger partial charge in [-0.25, -0.2) is 0 Å². The van der Waals surface area contributed by atoms with Crippen molar-refractivity contribution in [1.29, 1.82) is 0 Å². The largest absolute Gasteiger partial charge is 0.501 e. The molecule has 2 fully saturated rings. The number of likely N-dealkylation sites (tertiary alicyclic amines) is 1. The summed E-state index contributed by atoms with van der Waals surface area (Å²) in [6.07, 6.45) is 19.6. The van der Waals surface area contributed by atoms with Crippen molar-refractivity contribution in [3.05, 3.63) is 75.2 Å². The van der Waals surface area contributed by atoms with Crippen molar-refractivity contribution in [2.75, 3.05) is 20.2 Å². The molecule has 1 aliphatic heterocycles. The summed E-state index contributed by atoms with van der Waals surface area (Å²) in [5.41, 5.74) is 5.19. The lowest BCUT2D eigenvalue weighted by molar-refractivity contribution is 0.127. The van der Waals surface area contributed by atoms with E-state index in [1.165, 1.54) is 68.5 Å². The van der Waals surface area contributed by atoms with Crippen molar-refractivity contribution < 1.29 is 4.74 Å². The van der Waals surface area contributed by atoms with Crippen LogP contribution in [0.5, 0.6) is 0 Å². The zero-order chi connectivity index (χ0) is 27.0. The third kappa shape index (κ3) is 8.58. The van der Waals surface area contributed by atoms with E-state index in [0.29, 0.717) is 11.5 Å². The van der Waals surface area contributed by atoms with Crippen LogP contribution in [0.15, 0.2) is 65.5 Å². The molecule has 0 N–H and O–H groups in total. The molecule has 3 aliphatic rings. The van der Waals surface area contributed by atoms with Crippen LogP contribution >= 0.6 is 11.3 Å². The smallest absolute Gasteiger partial charge is 0.0924 e. The molecule has 1 aromatic rings. The molecule has 3 unspecified atom stereocenters. The molecule has 204 valence electrons. The monoisotopic (exact) mass is 521 g/mol. The maximum absolute atomic E-state index is 5.15. The van der Waals surface area contributed by atoms with Gasteiger partial charge >= 0.3 is 0 Å². The third-order valence-electron chi connectivity index (χ3n) is 8.37. The Morgan fingerprint density at radius 3 is 2.76 bits per heavy atom. The Balaban J connectivity index is 0.000000244. The van der Waals surface area contributed by atoms with Crippen LogP contribution in [0.3, 0.4) is 0 Å². The van der Waals surface area contributed by atoms with Gasteiger partial charge in [0.1, 0.15) is 0 Å². The van der Waals surface area contributed by atoms with E-state index >= 15 is 0 Å². The normalized spacial score (nSPS) is 24.8. The van der Waals surface area contributed by atoms with Crippen molar-refractivity contribution in [3.63, 3.8) is 0 Å². The van der Waals surface area contributed by atoms with Gasteiger partial charge in [-0.2, -0.15) is 0 Å². The first kappa shape index (κ1) is 29.7. The highest BCUT2D eigenvalue weighted by Crippen LogP contribution is 2.48. The van der Waals surface area contributed by atoms with Crippen LogP contribution in [0.25, 0.3) is 6.08 Å². The summed E-state index contributed by atoms with van der Waals surface area (Å²) in [4.78, 5) is 5.58. The summed E-state index contributed by atoms with van der Waals surface area (Å²) in [5, 5.41) is 0. The number of methoxy groups -OCH3 is 1. The Morgan fingerprint density at radius 1 is 1.30 bits per heavy atom. The highest BCUT2D eigenvalue weighted by atomic mass is 32.1. The number of rotatable bonds is 8. The number of allylic oxidation sites excluding steroid dienone is 8. The quantitative estimate of drug-likeness (QED) is 0.249. The number of thiophene rings is 1. The van der Waals surface area contributed by atoms with Gasteiger partial charge in [0.15, 0.2) is 0 Å². The predicted molar refractivity (Wildman–Crippen MR) is 164 cm³/mol. The molecular weight excluding hydrogens is 470 g/mol. The highest BCUT2D eigenvalue weighted by molar-refractivity contribution is 7.13. The van der Waals surface area contributed by atoms with E-state index in [1.807, 2.05) is 24.3 Å². The lowest BCUT2D eigenvalue weighted by atomic mass is 9.89. The Kier molecular flexibility index (Phi) is 11.1. The van der Waals surface area contributed by atoms with Crippen molar-refractivity contribution in [2.24, 2.45) is 11.3 Å². The molecule has 0 amide bonds. The molecule has 3 heteroatoms. The number of hydrogen-bond acceptors (Lipinski definition) is 3. The molecule has 37 heavy (non-hydrogen) atoms. The Morgan fingerprint density at radius 2 is 2.08 bits per heavy atom. The van der Waals surface area contributed by atoms with Gasteiger partial charge in [-0.1, -0.05) is 58.9 Å². The zero-order valence-corrected chi connectivity index (χ0v) is 25.4. The molecule has 3 atom stereocenters. The van der Waals surface area contributed by atoms with Crippen LogP contribution in [0.1, 0.15) is 102 Å². The maximum Gasteiger partial charge on any atom is 0.0924 e. The fourth-order valence-electron chi connectivity index (χ4n) is 5.87. The van der Waals surface area contributed by atoms with E-state index in [9.17, 15) is 0 Å². The number of fused-ring (bicyclic) bond motifs is 1. The molecule has 1 saturated carbocycles. The van der Waals surface area contributed by atoms with Crippen LogP contribution < -0.4 is 0 Å². The Labute approximate surface area is 231 Å². The second-order valence-electron chi connectivity index (χ2n) is 12.2. The molecule has 1 saturated heterocycles. The fourth-order valence-corrected chi connectivity index (χ4v) is 6.95. The summed E-state index contributed by atoms with van der Waals surface area (Å²) in [6, 6.07) is 5.29. The number of piperidine rings is 1. The number of nitrogens with zero attached hydrogens (tertiary/aromatic N) is 1. The minimum Gasteiger partial charge on any atom is -0.501 e. The summed E-state index contributed by atoms with van der Waals surface area (Å²) in [7, 11) is 1.71. The van der Waals surface area contributed by atoms with Crippen LogP contribution in [0, 0.1) is 11.3 Å². The van der Waals surface area contributed by atoms with Crippen molar-refractivity contribution >= 4 is 17.4 Å². The second kappa shape index (κ2) is 13.8. The van der Waals surface area contributed by atoms with E-state index < -0.39 is 0 Å². The molecular formula is C34H51NOS. The number of ether oxygens (including phenoxy) is 1. The van der Waals surface area contributed by atoms with E-state index in [0.717, 1.165) is 17.6 Å². The molecule has 4 rings (SSSR count). The van der Waals surface area contributed by atoms with Gasteiger partial charge < -0.3 is 9.64 Å². The minimum atomic E-state index is 0.486. The first-order chi connectivity index (χ1) is 17.7. The molecule has 2 aliphatic carbocycles. The standard InChI is InChI=1S/C21H33NOS.C13H18/c1-6-16(2)15-22-13-12-19(14-17(22)3)21-11-10-20(24-21)9-7-8-18(4)23-5;1-4-10-6-5-7-11-8-13(2,3)9-12(10)11/h7-11,16-17,19H,6,12-15H2,1-5H3;4,7H,1,5-6,8-9H2,2-3H3/b9-7-,18-8+;. The van der Waals surface area contributed by atoms with Gasteiger partial charge in [-0.15, -0.1) is 11.3 Å². The first-order valence-electron chi connectivity index (χ1n) is 14.4. The highest BCUT2D eigenvalue weighted by Gasteiger charge is 2.33. The van der Waals surface area contributed by atoms with E-state index in [-0.39, 0.29) is 0 Å². The maximum atomic E-state index is 5.15. The first-order valence-corrected chi connectivity index (χ1v) is 15.2. The Bertz CT molecular complexity index is 1020. The average molecular weight is 522 g/mol. The molecule has 0 spiro atoms. The lowest BCUT2D eigenvalue weighted by Gasteiger charge is -2.38. The second-order valence-corrected chi connectivity index (χ2v) is 13.3. The average Bonchev–Trinajstić information content (AvgIpc) is 3.47. The summed E-state index contributed by atoms with van der Waals surface area (Å²) >= 11 is 1.94. The zero-order valence-electron chi connectivity index (χ0n) is 24.6. The summed E-state index contributed by atoms with van der Waals surface area (Å²) in [6.45, 7) is 20.2. The molecule has 2 heterocycles. The van der Waals surface area contributed by atoms with Gasteiger partial charge in [0.25, 0.3) is 0 Å².